The fourth-order valence-corrected chi connectivity index (χ4v) is 3.80. The van der Waals surface area contributed by atoms with Crippen LogP contribution in [-0.4, -0.2) is 35.7 Å². The summed E-state index contributed by atoms with van der Waals surface area (Å²) in [6.45, 7) is 2.62. The van der Waals surface area contributed by atoms with Gasteiger partial charge in [0.15, 0.2) is 11.5 Å². The molecule has 2 aromatic rings. The predicted octanol–water partition coefficient (Wildman–Crippen LogP) is 2.63. The first kappa shape index (κ1) is 16.4. The van der Waals surface area contributed by atoms with Gasteiger partial charge in [0.1, 0.15) is 13.2 Å². The summed E-state index contributed by atoms with van der Waals surface area (Å²) in [5.74, 6) is 1.03. The van der Waals surface area contributed by atoms with Crippen molar-refractivity contribution in [2.24, 2.45) is 0 Å². The van der Waals surface area contributed by atoms with Crippen LogP contribution < -0.4 is 19.1 Å². The molecule has 0 amide bonds. The van der Waals surface area contributed by atoms with Crippen LogP contribution in [-0.2, 0) is 10.0 Å². The third kappa shape index (κ3) is 3.26. The number of hydrogen-bond donors (Lipinski definition) is 1. The van der Waals surface area contributed by atoms with Crippen LogP contribution in [0.3, 0.4) is 0 Å². The zero-order valence-corrected chi connectivity index (χ0v) is 14.7. The first-order valence-electron chi connectivity index (χ1n) is 7.57. The summed E-state index contributed by atoms with van der Waals surface area (Å²) in [6, 6.07) is 10.4. The molecule has 0 aliphatic carbocycles. The van der Waals surface area contributed by atoms with E-state index in [1.165, 1.54) is 6.07 Å². The van der Waals surface area contributed by atoms with Crippen molar-refractivity contribution < 1.29 is 17.9 Å². The Labute approximate surface area is 142 Å². The maximum atomic E-state index is 12.7. The van der Waals surface area contributed by atoms with Gasteiger partial charge in [0, 0.05) is 31.5 Å². The van der Waals surface area contributed by atoms with Crippen molar-refractivity contribution in [3.8, 4) is 11.5 Å². The molecular weight excluding hydrogens is 328 g/mol. The van der Waals surface area contributed by atoms with Crippen LogP contribution in [0, 0.1) is 6.92 Å². The highest BCUT2D eigenvalue weighted by Gasteiger charge is 2.22. The lowest BCUT2D eigenvalue weighted by molar-refractivity contribution is 0.171. The highest BCUT2D eigenvalue weighted by atomic mass is 32.2. The van der Waals surface area contributed by atoms with Crippen LogP contribution in [0.15, 0.2) is 41.3 Å². The Morgan fingerprint density at radius 2 is 1.58 bits per heavy atom. The quantitative estimate of drug-likeness (QED) is 0.920. The van der Waals surface area contributed by atoms with Gasteiger partial charge < -0.3 is 14.4 Å². The molecule has 0 aromatic heterocycles. The summed E-state index contributed by atoms with van der Waals surface area (Å²) in [5, 5.41) is 0. The molecule has 0 radical (unpaired) electrons. The van der Waals surface area contributed by atoms with Crippen LogP contribution in [0.25, 0.3) is 0 Å². The highest BCUT2D eigenvalue weighted by molar-refractivity contribution is 7.92. The van der Waals surface area contributed by atoms with Gasteiger partial charge in [0.25, 0.3) is 10.0 Å². The van der Waals surface area contributed by atoms with E-state index in [1.807, 2.05) is 31.1 Å². The Hall–Kier alpha value is -2.41. The third-order valence-corrected chi connectivity index (χ3v) is 5.29. The van der Waals surface area contributed by atoms with E-state index >= 15 is 0 Å². The Morgan fingerprint density at radius 3 is 2.17 bits per heavy atom. The zero-order valence-electron chi connectivity index (χ0n) is 13.9. The molecule has 1 N–H and O–H groups in total. The maximum Gasteiger partial charge on any atom is 0.262 e. The van der Waals surface area contributed by atoms with E-state index in [4.69, 9.17) is 9.47 Å². The molecular formula is C17H20N2O4S. The average Bonchev–Trinajstić information content (AvgIpc) is 2.54. The molecule has 0 atom stereocenters. The molecule has 0 unspecified atom stereocenters. The number of rotatable bonds is 4. The van der Waals surface area contributed by atoms with E-state index in [1.54, 1.807) is 25.1 Å². The fraction of sp³-hybridized carbons (Fsp3) is 0.294. The van der Waals surface area contributed by atoms with Crippen molar-refractivity contribution >= 4 is 21.4 Å². The van der Waals surface area contributed by atoms with Crippen LogP contribution in [0.4, 0.5) is 11.4 Å². The minimum Gasteiger partial charge on any atom is -0.486 e. The van der Waals surface area contributed by atoms with Crippen LogP contribution in [0.1, 0.15) is 5.56 Å². The molecule has 0 fully saturated rings. The molecule has 1 aliphatic heterocycles. The topological polar surface area (TPSA) is 67.9 Å². The molecule has 24 heavy (non-hydrogen) atoms. The molecule has 1 aliphatic rings. The van der Waals surface area contributed by atoms with E-state index < -0.39 is 10.0 Å². The first-order valence-corrected chi connectivity index (χ1v) is 9.05. The normalized spacial score (nSPS) is 13.5. The van der Waals surface area contributed by atoms with E-state index in [0.717, 1.165) is 5.69 Å². The minimum atomic E-state index is -3.71. The van der Waals surface area contributed by atoms with Crippen molar-refractivity contribution in [3.63, 3.8) is 0 Å². The number of aryl methyl sites for hydroxylation is 1. The molecule has 1 heterocycles. The highest BCUT2D eigenvalue weighted by Crippen LogP contribution is 2.35. The zero-order chi connectivity index (χ0) is 17.3. The molecule has 0 bridgehead atoms. The number of nitrogens with one attached hydrogen (secondary N) is 1. The summed E-state index contributed by atoms with van der Waals surface area (Å²) in [5.41, 5.74) is 2.11. The second kappa shape index (κ2) is 6.24. The van der Waals surface area contributed by atoms with Gasteiger partial charge in [-0.3, -0.25) is 4.72 Å². The Kier molecular flexibility index (Phi) is 4.28. The number of sulfonamides is 1. The standard InChI is InChI=1S/C17H20N2O4S/c1-12-10-15-16(23-9-8-22-15)11-17(12)24(20,21)18-13-4-6-14(7-5-13)19(2)3/h4-7,10-11,18H,8-9H2,1-3H3. The monoisotopic (exact) mass is 348 g/mol. The van der Waals surface area contributed by atoms with Gasteiger partial charge in [-0.05, 0) is 42.8 Å². The fourth-order valence-electron chi connectivity index (χ4n) is 2.50. The number of ether oxygens (including phenoxy) is 2. The summed E-state index contributed by atoms with van der Waals surface area (Å²) in [6.07, 6.45) is 0. The van der Waals surface area contributed by atoms with Gasteiger partial charge in [0.2, 0.25) is 0 Å². The van der Waals surface area contributed by atoms with Gasteiger partial charge in [-0.2, -0.15) is 0 Å². The Bertz CT molecular complexity index is 846. The minimum absolute atomic E-state index is 0.184. The predicted molar refractivity (Wildman–Crippen MR) is 93.7 cm³/mol. The van der Waals surface area contributed by atoms with E-state index in [2.05, 4.69) is 4.72 Å². The summed E-state index contributed by atoms with van der Waals surface area (Å²) < 4.78 is 39.0. The van der Waals surface area contributed by atoms with Crippen molar-refractivity contribution in [1.29, 1.82) is 0 Å². The largest absolute Gasteiger partial charge is 0.486 e. The molecule has 6 nitrogen and oxygen atoms in total. The van der Waals surface area contributed by atoms with Crippen molar-refractivity contribution in [2.45, 2.75) is 11.8 Å². The second-order valence-corrected chi connectivity index (χ2v) is 7.46. The molecule has 2 aromatic carbocycles. The SMILES string of the molecule is Cc1cc2c(cc1S(=O)(=O)Nc1ccc(N(C)C)cc1)OCCO2. The van der Waals surface area contributed by atoms with Gasteiger partial charge in [-0.1, -0.05) is 0 Å². The number of benzene rings is 2. The lowest BCUT2D eigenvalue weighted by Crippen LogP contribution is -2.18. The van der Waals surface area contributed by atoms with Crippen molar-refractivity contribution in [3.05, 3.63) is 42.0 Å². The summed E-state index contributed by atoms with van der Waals surface area (Å²) >= 11 is 0. The van der Waals surface area contributed by atoms with Gasteiger partial charge in [0.05, 0.1) is 4.90 Å². The molecule has 3 rings (SSSR count). The molecule has 0 saturated heterocycles. The third-order valence-electron chi connectivity index (χ3n) is 3.77. The molecule has 128 valence electrons. The molecule has 7 heteroatoms. The maximum absolute atomic E-state index is 12.7. The van der Waals surface area contributed by atoms with Gasteiger partial charge >= 0.3 is 0 Å². The van der Waals surface area contributed by atoms with E-state index in [-0.39, 0.29) is 4.90 Å². The van der Waals surface area contributed by atoms with E-state index in [9.17, 15) is 8.42 Å². The van der Waals surface area contributed by atoms with Gasteiger partial charge in [-0.25, -0.2) is 8.42 Å². The van der Waals surface area contributed by atoms with Crippen molar-refractivity contribution in [2.75, 3.05) is 36.9 Å². The van der Waals surface area contributed by atoms with Gasteiger partial charge in [-0.15, -0.1) is 0 Å². The second-order valence-electron chi connectivity index (χ2n) is 5.81. The van der Waals surface area contributed by atoms with Crippen molar-refractivity contribution in [1.82, 2.24) is 0 Å². The number of anilines is 2. The number of nitrogens with zero attached hydrogens (tertiary/aromatic N) is 1. The summed E-state index contributed by atoms with van der Waals surface area (Å²) in [7, 11) is 0.147. The smallest absolute Gasteiger partial charge is 0.262 e. The number of hydrogen-bond acceptors (Lipinski definition) is 5. The van der Waals surface area contributed by atoms with Crippen LogP contribution in [0.5, 0.6) is 11.5 Å². The lowest BCUT2D eigenvalue weighted by atomic mass is 10.2. The first-order chi connectivity index (χ1) is 11.4. The molecule has 0 spiro atoms. The Morgan fingerprint density at radius 1 is 1.00 bits per heavy atom. The Balaban J connectivity index is 1.90. The summed E-state index contributed by atoms with van der Waals surface area (Å²) in [4.78, 5) is 2.13. The number of fused-ring (bicyclic) bond motifs is 1. The van der Waals surface area contributed by atoms with Crippen LogP contribution in [0.2, 0.25) is 0 Å². The lowest BCUT2D eigenvalue weighted by Gasteiger charge is -2.20. The molecule has 0 saturated carbocycles. The average molecular weight is 348 g/mol. The van der Waals surface area contributed by atoms with E-state index in [0.29, 0.717) is 36.0 Å². The van der Waals surface area contributed by atoms with Crippen LogP contribution >= 0.6 is 0 Å².